The molecule has 0 aromatic rings. The van der Waals surface area contributed by atoms with Crippen LogP contribution in [0.15, 0.2) is 0 Å². The van der Waals surface area contributed by atoms with Gasteiger partial charge < -0.3 is 15.6 Å². The zero-order valence-electron chi connectivity index (χ0n) is 4.83. The van der Waals surface area contributed by atoms with E-state index in [1.54, 1.807) is 0 Å². The van der Waals surface area contributed by atoms with Crippen LogP contribution < -0.4 is 5.73 Å². The normalized spacial score (nSPS) is 12.1. The third kappa shape index (κ3) is 3.72. The molecule has 0 radical (unpaired) electrons. The number of thiocarbonyl (C=S) groups is 1. The van der Waals surface area contributed by atoms with Crippen LogP contribution in [0.3, 0.4) is 0 Å². The third-order valence-electron chi connectivity index (χ3n) is 0.641. The highest BCUT2D eigenvalue weighted by molar-refractivity contribution is 7.80. The van der Waals surface area contributed by atoms with Crippen molar-refractivity contribution in [3.8, 4) is 0 Å². The molecule has 0 aliphatic carbocycles. The number of rotatable bonds is 2. The molecule has 0 aromatic heterocycles. The molecular formula is C4H7NO3S. The van der Waals surface area contributed by atoms with E-state index in [9.17, 15) is 4.79 Å². The van der Waals surface area contributed by atoms with E-state index in [1.165, 1.54) is 6.92 Å². The Hall–Kier alpha value is -0.840. The molecule has 0 spiro atoms. The molecule has 0 heterocycles. The first-order chi connectivity index (χ1) is 4.04. The summed E-state index contributed by atoms with van der Waals surface area (Å²) in [4.78, 5) is 9.99. The van der Waals surface area contributed by atoms with Gasteiger partial charge in [0, 0.05) is 0 Å². The van der Waals surface area contributed by atoms with Crippen molar-refractivity contribution < 1.29 is 14.6 Å². The van der Waals surface area contributed by atoms with E-state index in [0.717, 1.165) is 0 Å². The lowest BCUT2D eigenvalue weighted by molar-refractivity contribution is -0.144. The molecule has 5 heteroatoms. The second-order valence-electron chi connectivity index (χ2n) is 1.42. The van der Waals surface area contributed by atoms with Gasteiger partial charge in [0.2, 0.25) is 0 Å². The van der Waals surface area contributed by atoms with E-state index in [-0.39, 0.29) is 5.17 Å². The van der Waals surface area contributed by atoms with E-state index in [1.807, 2.05) is 0 Å². The van der Waals surface area contributed by atoms with Crippen molar-refractivity contribution in [2.45, 2.75) is 13.0 Å². The molecule has 0 amide bonds. The fourth-order valence-electron chi connectivity index (χ4n) is 0.225. The van der Waals surface area contributed by atoms with E-state index < -0.39 is 12.1 Å². The van der Waals surface area contributed by atoms with Crippen LogP contribution in [0, 0.1) is 0 Å². The van der Waals surface area contributed by atoms with E-state index in [0.29, 0.717) is 0 Å². The zero-order chi connectivity index (χ0) is 7.44. The fourth-order valence-corrected chi connectivity index (χ4v) is 0.369. The van der Waals surface area contributed by atoms with Gasteiger partial charge in [0.15, 0.2) is 6.10 Å². The lowest BCUT2D eigenvalue weighted by atomic mass is 10.4. The minimum Gasteiger partial charge on any atom is -0.479 e. The molecule has 0 aliphatic rings. The molecule has 4 nitrogen and oxygen atoms in total. The fraction of sp³-hybridized carbons (Fsp3) is 0.500. The maximum absolute atomic E-state index is 9.99. The van der Waals surface area contributed by atoms with Crippen LogP contribution in [0.5, 0.6) is 0 Å². The first-order valence-corrected chi connectivity index (χ1v) is 2.63. The van der Waals surface area contributed by atoms with E-state index in [2.05, 4.69) is 17.0 Å². The summed E-state index contributed by atoms with van der Waals surface area (Å²) in [7, 11) is 0. The lowest BCUT2D eigenvalue weighted by Gasteiger charge is -2.05. The summed E-state index contributed by atoms with van der Waals surface area (Å²) >= 11 is 4.28. The summed E-state index contributed by atoms with van der Waals surface area (Å²) < 4.78 is 4.42. The number of carboxylic acids is 1. The standard InChI is InChI=1S/C4H7NO3S/c1-2(3(6)7)8-4(5)9/h2H,1H3,(H2,5,9)(H,6,7). The summed E-state index contributed by atoms with van der Waals surface area (Å²) in [6.45, 7) is 1.35. The third-order valence-corrected chi connectivity index (χ3v) is 0.737. The molecule has 1 atom stereocenters. The number of hydrogen-bond acceptors (Lipinski definition) is 3. The van der Waals surface area contributed by atoms with Crippen LogP contribution in [0.1, 0.15) is 6.92 Å². The van der Waals surface area contributed by atoms with Crippen molar-refractivity contribution in [1.82, 2.24) is 0 Å². The van der Waals surface area contributed by atoms with Crippen LogP contribution in [0.25, 0.3) is 0 Å². The van der Waals surface area contributed by atoms with Crippen molar-refractivity contribution in [2.24, 2.45) is 5.73 Å². The predicted molar refractivity (Wildman–Crippen MR) is 35.0 cm³/mol. The Morgan fingerprint density at radius 1 is 1.89 bits per heavy atom. The van der Waals surface area contributed by atoms with Gasteiger partial charge in [-0.15, -0.1) is 0 Å². The molecule has 0 rings (SSSR count). The van der Waals surface area contributed by atoms with Crippen LogP contribution >= 0.6 is 12.2 Å². The first-order valence-electron chi connectivity index (χ1n) is 2.23. The Labute approximate surface area is 57.6 Å². The summed E-state index contributed by atoms with van der Waals surface area (Å²) in [6, 6.07) is 0. The molecule has 0 aromatic carbocycles. The number of ether oxygens (including phenoxy) is 1. The molecule has 0 fully saturated rings. The number of aliphatic carboxylic acids is 1. The Kier molecular flexibility index (Phi) is 2.94. The molecule has 0 saturated carbocycles. The average Bonchev–Trinajstić information content (AvgIpc) is 1.63. The number of carboxylic acid groups (broad SMARTS) is 1. The van der Waals surface area contributed by atoms with Crippen molar-refractivity contribution in [3.05, 3.63) is 0 Å². The van der Waals surface area contributed by atoms with Gasteiger partial charge in [-0.05, 0) is 19.1 Å². The van der Waals surface area contributed by atoms with Crippen molar-refractivity contribution >= 4 is 23.4 Å². The number of nitrogens with two attached hydrogens (primary N) is 1. The Balaban J connectivity index is 3.63. The summed E-state index contributed by atoms with van der Waals surface area (Å²) in [5, 5.41) is 7.95. The summed E-state index contributed by atoms with van der Waals surface area (Å²) in [5.74, 6) is -1.08. The molecule has 9 heavy (non-hydrogen) atoms. The van der Waals surface area contributed by atoms with Gasteiger partial charge in [-0.3, -0.25) is 0 Å². The van der Waals surface area contributed by atoms with Gasteiger partial charge in [0.1, 0.15) is 0 Å². The average molecular weight is 149 g/mol. The van der Waals surface area contributed by atoms with Gasteiger partial charge >= 0.3 is 5.97 Å². The van der Waals surface area contributed by atoms with E-state index >= 15 is 0 Å². The maximum Gasteiger partial charge on any atom is 0.344 e. The Bertz CT molecular complexity index is 136. The van der Waals surface area contributed by atoms with Crippen LogP contribution in [0.4, 0.5) is 0 Å². The van der Waals surface area contributed by atoms with Crippen molar-refractivity contribution in [2.75, 3.05) is 0 Å². The Morgan fingerprint density at radius 2 is 2.33 bits per heavy atom. The summed E-state index contributed by atoms with van der Waals surface area (Å²) in [5.41, 5.74) is 4.88. The van der Waals surface area contributed by atoms with Gasteiger partial charge in [-0.25, -0.2) is 4.79 Å². The highest BCUT2D eigenvalue weighted by Crippen LogP contribution is 1.88. The van der Waals surface area contributed by atoms with Crippen LogP contribution in [-0.2, 0) is 9.53 Å². The smallest absolute Gasteiger partial charge is 0.344 e. The Morgan fingerprint density at radius 3 is 2.44 bits per heavy atom. The second kappa shape index (κ2) is 3.24. The topological polar surface area (TPSA) is 72.5 Å². The maximum atomic E-state index is 9.99. The molecule has 52 valence electrons. The van der Waals surface area contributed by atoms with Crippen LogP contribution in [-0.4, -0.2) is 22.4 Å². The SMILES string of the molecule is CC(OC(N)=S)C(=O)O. The van der Waals surface area contributed by atoms with Crippen molar-refractivity contribution in [3.63, 3.8) is 0 Å². The first kappa shape index (κ1) is 8.16. The van der Waals surface area contributed by atoms with Crippen molar-refractivity contribution in [1.29, 1.82) is 0 Å². The van der Waals surface area contributed by atoms with Gasteiger partial charge in [-0.2, -0.15) is 0 Å². The number of hydrogen-bond donors (Lipinski definition) is 2. The molecule has 0 aliphatic heterocycles. The highest BCUT2D eigenvalue weighted by atomic mass is 32.1. The quantitative estimate of drug-likeness (QED) is 0.528. The van der Waals surface area contributed by atoms with Crippen LogP contribution in [0.2, 0.25) is 0 Å². The minimum atomic E-state index is -1.08. The number of carbonyl (C=O) groups is 1. The predicted octanol–water partition coefficient (Wildman–Crippen LogP) is -0.280. The monoisotopic (exact) mass is 149 g/mol. The second-order valence-corrected chi connectivity index (χ2v) is 1.82. The van der Waals surface area contributed by atoms with Gasteiger partial charge in [0.05, 0.1) is 0 Å². The largest absolute Gasteiger partial charge is 0.479 e. The molecule has 1 unspecified atom stereocenters. The highest BCUT2D eigenvalue weighted by Gasteiger charge is 2.11. The molecule has 0 bridgehead atoms. The van der Waals surface area contributed by atoms with Gasteiger partial charge in [0.25, 0.3) is 5.17 Å². The summed E-state index contributed by atoms with van der Waals surface area (Å²) in [6.07, 6.45) is -0.956. The zero-order valence-corrected chi connectivity index (χ0v) is 5.64. The lowest BCUT2D eigenvalue weighted by Crippen LogP contribution is -2.26. The van der Waals surface area contributed by atoms with Gasteiger partial charge in [-0.1, -0.05) is 0 Å². The molecular weight excluding hydrogens is 142 g/mol. The molecule has 0 saturated heterocycles. The van der Waals surface area contributed by atoms with E-state index in [4.69, 9.17) is 10.8 Å². The minimum absolute atomic E-state index is 0.245. The molecule has 3 N–H and O–H groups in total.